The van der Waals surface area contributed by atoms with Crippen molar-refractivity contribution in [3.05, 3.63) is 53.2 Å². The lowest BCUT2D eigenvalue weighted by Crippen LogP contribution is -2.22. The van der Waals surface area contributed by atoms with Crippen molar-refractivity contribution >= 4 is 29.0 Å². The van der Waals surface area contributed by atoms with Crippen molar-refractivity contribution < 1.29 is 4.79 Å². The number of carbonyl (C=O) groups is 1. The number of anilines is 2. The van der Waals surface area contributed by atoms with E-state index < -0.39 is 0 Å². The fourth-order valence-electron chi connectivity index (χ4n) is 2.27. The highest BCUT2D eigenvalue weighted by atomic mass is 35.5. The highest BCUT2D eigenvalue weighted by Gasteiger charge is 2.14. The minimum absolute atomic E-state index is 0.0318. The molecule has 2 rings (SSSR count). The summed E-state index contributed by atoms with van der Waals surface area (Å²) < 4.78 is 0. The Kier molecular flexibility index (Phi) is 6.41. The molecule has 1 amide bonds. The summed E-state index contributed by atoms with van der Waals surface area (Å²) in [5, 5.41) is 6.88. The molecule has 0 aliphatic carbocycles. The van der Waals surface area contributed by atoms with E-state index in [2.05, 4.69) is 15.6 Å². The summed E-state index contributed by atoms with van der Waals surface area (Å²) in [6.07, 6.45) is 3.39. The Hall–Kier alpha value is -2.07. The molecule has 1 aromatic heterocycles. The fraction of sp³-hybridized carbons (Fsp3) is 0.333. The lowest BCUT2D eigenvalue weighted by Gasteiger charge is -2.12. The summed E-state index contributed by atoms with van der Waals surface area (Å²) in [5.74, 6) is 0.655. The van der Waals surface area contributed by atoms with Crippen LogP contribution in [0.4, 0.5) is 11.5 Å². The number of carbonyl (C=O) groups excluding carboxylic acids is 1. The first kappa shape index (κ1) is 17.3. The van der Waals surface area contributed by atoms with Crippen molar-refractivity contribution in [3.63, 3.8) is 0 Å². The van der Waals surface area contributed by atoms with Gasteiger partial charge in [0.15, 0.2) is 0 Å². The second-order valence-corrected chi connectivity index (χ2v) is 5.85. The summed E-state index contributed by atoms with van der Waals surface area (Å²) in [5.41, 5.74) is 2.04. The molecule has 0 bridgehead atoms. The van der Waals surface area contributed by atoms with E-state index >= 15 is 0 Å². The van der Waals surface area contributed by atoms with Gasteiger partial charge < -0.3 is 10.6 Å². The van der Waals surface area contributed by atoms with E-state index in [-0.39, 0.29) is 11.8 Å². The molecule has 122 valence electrons. The Morgan fingerprint density at radius 3 is 2.39 bits per heavy atom. The molecule has 2 aromatic rings. The van der Waals surface area contributed by atoms with Crippen LogP contribution in [0, 0.1) is 5.92 Å². The highest BCUT2D eigenvalue weighted by Crippen LogP contribution is 2.15. The van der Waals surface area contributed by atoms with Crippen LogP contribution in [0.25, 0.3) is 0 Å². The van der Waals surface area contributed by atoms with Crippen LogP contribution < -0.4 is 10.6 Å². The second-order valence-electron chi connectivity index (χ2n) is 5.41. The smallest absolute Gasteiger partial charge is 0.228 e. The van der Waals surface area contributed by atoms with Gasteiger partial charge in [0.05, 0.1) is 11.9 Å². The zero-order valence-electron chi connectivity index (χ0n) is 13.5. The van der Waals surface area contributed by atoms with Crippen LogP contribution in [-0.4, -0.2) is 10.9 Å². The van der Waals surface area contributed by atoms with Crippen molar-refractivity contribution in [2.45, 2.75) is 33.2 Å². The zero-order chi connectivity index (χ0) is 16.7. The first-order valence-corrected chi connectivity index (χ1v) is 8.25. The van der Waals surface area contributed by atoms with Crippen LogP contribution in [0.5, 0.6) is 0 Å². The van der Waals surface area contributed by atoms with E-state index in [9.17, 15) is 4.79 Å². The molecule has 5 heteroatoms. The fourth-order valence-corrected chi connectivity index (χ4v) is 2.39. The first-order valence-electron chi connectivity index (χ1n) is 7.87. The molecule has 0 unspecified atom stereocenters. The molecule has 0 atom stereocenters. The molecule has 0 radical (unpaired) electrons. The topological polar surface area (TPSA) is 54.0 Å². The van der Waals surface area contributed by atoms with Crippen LogP contribution in [0.3, 0.4) is 0 Å². The van der Waals surface area contributed by atoms with Crippen molar-refractivity contribution in [2.24, 2.45) is 5.92 Å². The first-order chi connectivity index (χ1) is 11.1. The Bertz CT molecular complexity index is 622. The van der Waals surface area contributed by atoms with Gasteiger partial charge in [-0.05, 0) is 42.7 Å². The average Bonchev–Trinajstić information content (AvgIpc) is 2.57. The van der Waals surface area contributed by atoms with Gasteiger partial charge in [-0.2, -0.15) is 0 Å². The van der Waals surface area contributed by atoms with Crippen molar-refractivity contribution in [1.82, 2.24) is 4.98 Å². The molecular formula is C18H22ClN3O. The normalized spacial score (nSPS) is 10.6. The molecule has 2 N–H and O–H groups in total. The number of hydrogen-bond acceptors (Lipinski definition) is 3. The summed E-state index contributed by atoms with van der Waals surface area (Å²) in [7, 11) is 0. The number of benzene rings is 1. The number of aromatic nitrogens is 1. The minimum atomic E-state index is 0.0318. The lowest BCUT2D eigenvalue weighted by molar-refractivity contribution is -0.120. The molecule has 1 heterocycles. The summed E-state index contributed by atoms with van der Waals surface area (Å²) in [6.45, 7) is 4.73. The molecular weight excluding hydrogens is 310 g/mol. The van der Waals surface area contributed by atoms with Gasteiger partial charge in [0.25, 0.3) is 0 Å². The van der Waals surface area contributed by atoms with Gasteiger partial charge in [-0.1, -0.05) is 37.6 Å². The number of nitrogens with zero attached hydrogens (tertiary/aromatic N) is 1. The van der Waals surface area contributed by atoms with E-state index in [1.54, 1.807) is 6.20 Å². The minimum Gasteiger partial charge on any atom is -0.380 e. The van der Waals surface area contributed by atoms with Gasteiger partial charge in [0, 0.05) is 17.5 Å². The van der Waals surface area contributed by atoms with Gasteiger partial charge >= 0.3 is 0 Å². The summed E-state index contributed by atoms with van der Waals surface area (Å²) >= 11 is 5.87. The van der Waals surface area contributed by atoms with Gasteiger partial charge in [-0.3, -0.25) is 4.79 Å². The molecule has 0 saturated carbocycles. The summed E-state index contributed by atoms with van der Waals surface area (Å²) in [6, 6.07) is 11.4. The number of halogens is 1. The maximum absolute atomic E-state index is 12.0. The van der Waals surface area contributed by atoms with Crippen molar-refractivity contribution in [1.29, 1.82) is 0 Å². The predicted octanol–water partition coefficient (Wildman–Crippen LogP) is 4.72. The third kappa shape index (κ3) is 5.25. The number of amides is 1. The molecule has 4 nitrogen and oxygen atoms in total. The molecule has 0 aliphatic heterocycles. The SMILES string of the molecule is CCC(CC)C(=O)Nc1ccc(NCc2ccc(Cl)cc2)cn1. The third-order valence-corrected chi connectivity index (χ3v) is 4.03. The number of hydrogen-bond donors (Lipinski definition) is 2. The maximum atomic E-state index is 12.0. The van der Waals surface area contributed by atoms with Crippen molar-refractivity contribution in [2.75, 3.05) is 10.6 Å². The van der Waals surface area contributed by atoms with Crippen LogP contribution in [0.1, 0.15) is 32.3 Å². The van der Waals surface area contributed by atoms with Gasteiger partial charge in [0.1, 0.15) is 5.82 Å². The molecule has 0 fully saturated rings. The molecule has 23 heavy (non-hydrogen) atoms. The van der Waals surface area contributed by atoms with E-state index in [1.165, 1.54) is 0 Å². The third-order valence-electron chi connectivity index (χ3n) is 3.78. The van der Waals surface area contributed by atoms with Crippen molar-refractivity contribution in [3.8, 4) is 0 Å². The Morgan fingerprint density at radius 2 is 1.83 bits per heavy atom. The molecule has 0 saturated heterocycles. The van der Waals surface area contributed by atoms with Crippen LogP contribution in [0.15, 0.2) is 42.6 Å². The number of pyridine rings is 1. The standard InChI is InChI=1S/C18H22ClN3O/c1-3-14(4-2)18(23)22-17-10-9-16(12-21-17)20-11-13-5-7-15(19)8-6-13/h5-10,12,14,20H,3-4,11H2,1-2H3,(H,21,22,23). The largest absolute Gasteiger partial charge is 0.380 e. The van der Waals surface area contributed by atoms with Crippen LogP contribution >= 0.6 is 11.6 Å². The lowest BCUT2D eigenvalue weighted by atomic mass is 10.0. The monoisotopic (exact) mass is 331 g/mol. The van der Waals surface area contributed by atoms with Crippen LogP contribution in [-0.2, 0) is 11.3 Å². The number of nitrogens with one attached hydrogen (secondary N) is 2. The van der Waals surface area contributed by atoms with E-state index in [1.807, 2.05) is 50.2 Å². The molecule has 0 spiro atoms. The number of rotatable bonds is 7. The van der Waals surface area contributed by atoms with E-state index in [0.29, 0.717) is 12.4 Å². The van der Waals surface area contributed by atoms with Gasteiger partial charge in [-0.15, -0.1) is 0 Å². The zero-order valence-corrected chi connectivity index (χ0v) is 14.2. The molecule has 0 aliphatic rings. The van der Waals surface area contributed by atoms with Gasteiger partial charge in [-0.25, -0.2) is 4.98 Å². The van der Waals surface area contributed by atoms with E-state index in [4.69, 9.17) is 11.6 Å². The second kappa shape index (κ2) is 8.53. The average molecular weight is 332 g/mol. The Morgan fingerprint density at radius 1 is 1.13 bits per heavy atom. The quantitative estimate of drug-likeness (QED) is 0.771. The van der Waals surface area contributed by atoms with E-state index in [0.717, 1.165) is 29.1 Å². The van der Waals surface area contributed by atoms with Crippen LogP contribution in [0.2, 0.25) is 5.02 Å². The predicted molar refractivity (Wildman–Crippen MR) is 95.7 cm³/mol. The highest BCUT2D eigenvalue weighted by molar-refractivity contribution is 6.30. The Labute approximate surface area is 142 Å². The summed E-state index contributed by atoms with van der Waals surface area (Å²) in [4.78, 5) is 16.3. The van der Waals surface area contributed by atoms with Gasteiger partial charge in [0.2, 0.25) is 5.91 Å². The Balaban J connectivity index is 1.89. The maximum Gasteiger partial charge on any atom is 0.228 e. The molecule has 1 aromatic carbocycles.